The summed E-state index contributed by atoms with van der Waals surface area (Å²) in [6.07, 6.45) is 7.89. The molecule has 2 aromatic rings. The number of fused-ring (bicyclic) bond motifs is 1. The van der Waals surface area contributed by atoms with Gasteiger partial charge in [0.25, 0.3) is 0 Å². The Morgan fingerprint density at radius 1 is 1.27 bits per heavy atom. The van der Waals surface area contributed by atoms with Crippen LogP contribution < -0.4 is 10.2 Å². The van der Waals surface area contributed by atoms with Crippen molar-refractivity contribution in [3.63, 3.8) is 0 Å². The summed E-state index contributed by atoms with van der Waals surface area (Å²) in [5.74, 6) is -0.158. The summed E-state index contributed by atoms with van der Waals surface area (Å²) in [5, 5.41) is 12.9. The van der Waals surface area contributed by atoms with Crippen molar-refractivity contribution in [1.82, 2.24) is 14.8 Å². The number of hydrogen-bond acceptors (Lipinski definition) is 6. The zero-order valence-corrected chi connectivity index (χ0v) is 18.4. The number of anilines is 3. The normalized spacial score (nSPS) is 24.5. The van der Waals surface area contributed by atoms with Crippen LogP contribution in [0.25, 0.3) is 6.08 Å². The molecule has 0 unspecified atom stereocenters. The Kier molecular flexibility index (Phi) is 5.97. The van der Waals surface area contributed by atoms with Gasteiger partial charge in [0.15, 0.2) is 0 Å². The average Bonchev–Trinajstić information content (AvgIpc) is 3.45. The van der Waals surface area contributed by atoms with Gasteiger partial charge in [-0.05, 0) is 30.7 Å². The number of halogens is 1. The molecule has 1 aromatic carbocycles. The fourth-order valence-electron chi connectivity index (χ4n) is 5.00. The molecule has 0 radical (unpaired) electrons. The Hall–Kier alpha value is -3.44. The summed E-state index contributed by atoms with van der Waals surface area (Å²) in [4.78, 5) is 22.7. The van der Waals surface area contributed by atoms with Gasteiger partial charge >= 0.3 is 0 Å². The minimum Gasteiger partial charge on any atom is -0.380 e. The summed E-state index contributed by atoms with van der Waals surface area (Å²) < 4.78 is 13.7. The fraction of sp³-hybridized carbons (Fsp3) is 0.400. The number of alkyl halides is 1. The number of pyridine rings is 1. The molecule has 0 bridgehead atoms. The highest BCUT2D eigenvalue weighted by molar-refractivity contribution is 5.84. The molecule has 3 aliphatic heterocycles. The van der Waals surface area contributed by atoms with E-state index in [9.17, 15) is 14.4 Å². The molecule has 1 N–H and O–H groups in total. The largest absolute Gasteiger partial charge is 0.380 e. The molecular formula is C25H27FN6O. The van der Waals surface area contributed by atoms with Crippen LogP contribution in [0.5, 0.6) is 0 Å². The molecule has 4 heterocycles. The number of hydrogen-bond donors (Lipinski definition) is 1. The minimum absolute atomic E-state index is 0.0303. The molecule has 33 heavy (non-hydrogen) atoms. The van der Waals surface area contributed by atoms with Crippen LogP contribution in [0.3, 0.4) is 0 Å². The predicted octanol–water partition coefficient (Wildman–Crippen LogP) is 3.20. The van der Waals surface area contributed by atoms with Crippen molar-refractivity contribution >= 4 is 29.0 Å². The Morgan fingerprint density at radius 2 is 2.18 bits per heavy atom. The molecule has 1 aromatic heterocycles. The molecule has 8 heteroatoms. The standard InChI is InChI=1S/C25H27FN6O/c26-18-12-21(13-27)32(15-18)25(33)17-30-11-8-19(16-30)29-23-6-1-7-24-22(23)5-3-10-31(24)20-4-2-9-28-14-20/h1-7,9,14,18-19,21,29H,8,10-12,15-17H2/t18-,19-,21-/m0/s1. The highest BCUT2D eigenvalue weighted by Gasteiger charge is 2.36. The summed E-state index contributed by atoms with van der Waals surface area (Å²) >= 11 is 0. The zero-order valence-electron chi connectivity index (χ0n) is 18.4. The van der Waals surface area contributed by atoms with Crippen molar-refractivity contribution < 1.29 is 9.18 Å². The number of nitriles is 1. The van der Waals surface area contributed by atoms with Gasteiger partial charge in [-0.25, -0.2) is 4.39 Å². The number of nitrogens with zero attached hydrogens (tertiary/aromatic N) is 5. The number of aromatic nitrogens is 1. The van der Waals surface area contributed by atoms with Gasteiger partial charge in [-0.3, -0.25) is 14.7 Å². The summed E-state index contributed by atoms with van der Waals surface area (Å²) in [6, 6.07) is 11.9. The van der Waals surface area contributed by atoms with Gasteiger partial charge < -0.3 is 15.1 Å². The monoisotopic (exact) mass is 446 g/mol. The lowest BCUT2D eigenvalue weighted by Gasteiger charge is -2.30. The third-order valence-corrected chi connectivity index (χ3v) is 6.61. The number of carbonyl (C=O) groups is 1. The van der Waals surface area contributed by atoms with Crippen LogP contribution >= 0.6 is 0 Å². The highest BCUT2D eigenvalue weighted by atomic mass is 19.1. The second kappa shape index (κ2) is 9.20. The highest BCUT2D eigenvalue weighted by Crippen LogP contribution is 2.36. The molecule has 7 nitrogen and oxygen atoms in total. The quantitative estimate of drug-likeness (QED) is 0.760. The summed E-state index contributed by atoms with van der Waals surface area (Å²) in [5.41, 5.74) is 4.40. The lowest BCUT2D eigenvalue weighted by atomic mass is 10.0. The third-order valence-electron chi connectivity index (χ3n) is 6.61. The van der Waals surface area contributed by atoms with Gasteiger partial charge in [0, 0.05) is 49.5 Å². The van der Waals surface area contributed by atoms with Crippen LogP contribution in [-0.4, -0.2) is 71.7 Å². The van der Waals surface area contributed by atoms with Gasteiger partial charge in [0.2, 0.25) is 5.91 Å². The average molecular weight is 447 g/mol. The Balaban J connectivity index is 1.24. The smallest absolute Gasteiger partial charge is 0.237 e. The molecule has 3 atom stereocenters. The van der Waals surface area contributed by atoms with E-state index in [0.717, 1.165) is 48.7 Å². The third kappa shape index (κ3) is 4.41. The summed E-state index contributed by atoms with van der Waals surface area (Å²) in [7, 11) is 0. The van der Waals surface area contributed by atoms with Gasteiger partial charge in [-0.1, -0.05) is 18.2 Å². The van der Waals surface area contributed by atoms with E-state index in [1.807, 2.05) is 12.3 Å². The first-order chi connectivity index (χ1) is 16.1. The van der Waals surface area contributed by atoms with E-state index in [4.69, 9.17) is 0 Å². The number of rotatable bonds is 5. The second-order valence-electron chi connectivity index (χ2n) is 8.85. The van der Waals surface area contributed by atoms with Crippen molar-refractivity contribution in [1.29, 1.82) is 5.26 Å². The van der Waals surface area contributed by atoms with Crippen LogP contribution in [0, 0.1) is 11.3 Å². The van der Waals surface area contributed by atoms with Crippen molar-refractivity contribution in [2.75, 3.05) is 42.9 Å². The van der Waals surface area contributed by atoms with E-state index in [0.29, 0.717) is 0 Å². The lowest BCUT2D eigenvalue weighted by molar-refractivity contribution is -0.132. The van der Waals surface area contributed by atoms with Crippen molar-refractivity contribution in [2.24, 2.45) is 0 Å². The number of benzene rings is 1. The van der Waals surface area contributed by atoms with Gasteiger partial charge in [0.05, 0.1) is 36.7 Å². The summed E-state index contributed by atoms with van der Waals surface area (Å²) in [6.45, 7) is 2.57. The molecule has 0 saturated carbocycles. The Bertz CT molecular complexity index is 1080. The van der Waals surface area contributed by atoms with Gasteiger partial charge in [-0.2, -0.15) is 5.26 Å². The van der Waals surface area contributed by atoms with Gasteiger partial charge in [-0.15, -0.1) is 0 Å². The number of carbonyl (C=O) groups excluding carboxylic acids is 1. The molecule has 5 rings (SSSR count). The van der Waals surface area contributed by atoms with Gasteiger partial charge in [0.1, 0.15) is 12.2 Å². The first-order valence-electron chi connectivity index (χ1n) is 11.4. The number of nitrogens with one attached hydrogen (secondary N) is 1. The number of likely N-dealkylation sites (tertiary alicyclic amines) is 2. The molecule has 0 spiro atoms. The van der Waals surface area contributed by atoms with Crippen LogP contribution in [-0.2, 0) is 4.79 Å². The fourth-order valence-corrected chi connectivity index (χ4v) is 5.00. The van der Waals surface area contributed by atoms with E-state index >= 15 is 0 Å². The topological polar surface area (TPSA) is 75.5 Å². The van der Waals surface area contributed by atoms with E-state index in [-0.39, 0.29) is 31.5 Å². The Morgan fingerprint density at radius 3 is 3.00 bits per heavy atom. The first kappa shape index (κ1) is 21.4. The lowest BCUT2D eigenvalue weighted by Crippen LogP contribution is -2.42. The second-order valence-corrected chi connectivity index (χ2v) is 8.85. The molecule has 2 saturated heterocycles. The SMILES string of the molecule is N#C[C@@H]1C[C@H](F)CN1C(=O)CN1CC[C@H](Nc2cccc3c2C=CCN3c2cccnc2)C1. The Labute approximate surface area is 193 Å². The zero-order chi connectivity index (χ0) is 22.8. The predicted molar refractivity (Wildman–Crippen MR) is 126 cm³/mol. The van der Waals surface area contributed by atoms with E-state index in [2.05, 4.69) is 62.6 Å². The maximum absolute atomic E-state index is 13.7. The van der Waals surface area contributed by atoms with Crippen LogP contribution in [0.2, 0.25) is 0 Å². The molecular weight excluding hydrogens is 419 g/mol. The number of amides is 1. The van der Waals surface area contributed by atoms with Crippen LogP contribution in [0.1, 0.15) is 18.4 Å². The molecule has 1 amide bonds. The maximum Gasteiger partial charge on any atom is 0.237 e. The molecule has 3 aliphatic rings. The molecule has 170 valence electrons. The van der Waals surface area contributed by atoms with E-state index < -0.39 is 12.2 Å². The van der Waals surface area contributed by atoms with Crippen molar-refractivity contribution in [2.45, 2.75) is 31.1 Å². The van der Waals surface area contributed by atoms with Crippen LogP contribution in [0.4, 0.5) is 21.5 Å². The molecule has 0 aliphatic carbocycles. The maximum atomic E-state index is 13.7. The molecule has 2 fully saturated rings. The first-order valence-corrected chi connectivity index (χ1v) is 11.4. The van der Waals surface area contributed by atoms with E-state index in [1.54, 1.807) is 6.20 Å². The van der Waals surface area contributed by atoms with E-state index in [1.165, 1.54) is 4.90 Å². The minimum atomic E-state index is -1.10. The van der Waals surface area contributed by atoms with Crippen LogP contribution in [0.15, 0.2) is 48.8 Å². The van der Waals surface area contributed by atoms with Crippen molar-refractivity contribution in [3.05, 3.63) is 54.4 Å². The van der Waals surface area contributed by atoms with Crippen molar-refractivity contribution in [3.8, 4) is 6.07 Å².